The highest BCUT2D eigenvalue weighted by Crippen LogP contribution is 2.23. The van der Waals surface area contributed by atoms with Crippen molar-refractivity contribution >= 4 is 0 Å². The van der Waals surface area contributed by atoms with Gasteiger partial charge in [0.05, 0.1) is 5.69 Å². The van der Waals surface area contributed by atoms with E-state index < -0.39 is 0 Å². The summed E-state index contributed by atoms with van der Waals surface area (Å²) in [6.45, 7) is 8.61. The van der Waals surface area contributed by atoms with E-state index in [1.807, 2.05) is 6.20 Å². The number of aromatic nitrogens is 4. The van der Waals surface area contributed by atoms with Crippen LogP contribution in [0.15, 0.2) is 18.5 Å². The molecule has 0 amide bonds. The van der Waals surface area contributed by atoms with Crippen molar-refractivity contribution in [1.29, 1.82) is 0 Å². The van der Waals surface area contributed by atoms with Crippen molar-refractivity contribution in [2.75, 3.05) is 19.6 Å². The van der Waals surface area contributed by atoms with Crippen LogP contribution in [0.25, 0.3) is 11.5 Å². The van der Waals surface area contributed by atoms with Gasteiger partial charge in [0.25, 0.3) is 0 Å². The number of likely N-dealkylation sites (N-methyl/N-ethyl adjacent to an activating group) is 1. The minimum atomic E-state index is 0.634. The molecule has 6 nitrogen and oxygen atoms in total. The molecule has 2 aromatic rings. The molecule has 0 saturated carbocycles. The summed E-state index contributed by atoms with van der Waals surface area (Å²) in [5, 5.41) is 8.26. The minimum Gasteiger partial charge on any atom is -0.328 e. The van der Waals surface area contributed by atoms with Gasteiger partial charge in [0.15, 0.2) is 5.82 Å². The molecule has 124 valence electrons. The van der Waals surface area contributed by atoms with Crippen molar-refractivity contribution < 1.29 is 0 Å². The molecule has 0 bridgehead atoms. The minimum absolute atomic E-state index is 0.634. The van der Waals surface area contributed by atoms with E-state index in [0.29, 0.717) is 6.04 Å². The standard InChI is InChI=1S/C17H26N6/c1-2-21-8-3-5-14(21)13-22-10-7-19-17(22)16-11-15-12-18-6-4-9-23(15)20-16/h7,10-11,14,18H,2-6,8-9,12-13H2,1H3/t14-/m0/s1. The third-order valence-corrected chi connectivity index (χ3v) is 5.15. The van der Waals surface area contributed by atoms with Crippen LogP contribution in [0.2, 0.25) is 0 Å². The Labute approximate surface area is 137 Å². The smallest absolute Gasteiger partial charge is 0.160 e. The zero-order valence-electron chi connectivity index (χ0n) is 13.9. The van der Waals surface area contributed by atoms with Gasteiger partial charge in [0.1, 0.15) is 5.69 Å². The fraction of sp³-hybridized carbons (Fsp3) is 0.647. The van der Waals surface area contributed by atoms with Gasteiger partial charge in [-0.1, -0.05) is 6.92 Å². The Kier molecular flexibility index (Phi) is 4.18. The molecular formula is C17H26N6. The first-order valence-electron chi connectivity index (χ1n) is 8.88. The molecule has 1 fully saturated rings. The van der Waals surface area contributed by atoms with Crippen molar-refractivity contribution in [1.82, 2.24) is 29.5 Å². The van der Waals surface area contributed by atoms with Crippen LogP contribution in [0.4, 0.5) is 0 Å². The molecule has 4 rings (SSSR count). The highest BCUT2D eigenvalue weighted by atomic mass is 15.3. The number of aryl methyl sites for hydroxylation is 1. The maximum atomic E-state index is 4.81. The number of rotatable bonds is 4. The predicted molar refractivity (Wildman–Crippen MR) is 90.0 cm³/mol. The number of fused-ring (bicyclic) bond motifs is 1. The maximum Gasteiger partial charge on any atom is 0.160 e. The maximum absolute atomic E-state index is 4.81. The normalized spacial score (nSPS) is 22.2. The Bertz CT molecular complexity index is 634. The summed E-state index contributed by atoms with van der Waals surface area (Å²) < 4.78 is 4.43. The van der Waals surface area contributed by atoms with E-state index in [-0.39, 0.29) is 0 Å². The number of hydrogen-bond donors (Lipinski definition) is 1. The molecule has 0 aliphatic carbocycles. The fourth-order valence-corrected chi connectivity index (χ4v) is 3.91. The van der Waals surface area contributed by atoms with Gasteiger partial charge in [-0.3, -0.25) is 9.58 Å². The van der Waals surface area contributed by atoms with Gasteiger partial charge in [0.2, 0.25) is 0 Å². The van der Waals surface area contributed by atoms with Crippen LogP contribution in [0.3, 0.4) is 0 Å². The summed E-state index contributed by atoms with van der Waals surface area (Å²) in [7, 11) is 0. The molecular weight excluding hydrogens is 288 g/mol. The SMILES string of the molecule is CCN1CCC[C@H]1Cn1ccnc1-c1cc2n(n1)CCCNC2. The van der Waals surface area contributed by atoms with Crippen LogP contribution in [0, 0.1) is 0 Å². The Morgan fingerprint density at radius 1 is 1.30 bits per heavy atom. The Morgan fingerprint density at radius 3 is 3.17 bits per heavy atom. The highest BCUT2D eigenvalue weighted by Gasteiger charge is 2.24. The van der Waals surface area contributed by atoms with Crippen molar-refractivity contribution in [3.63, 3.8) is 0 Å². The van der Waals surface area contributed by atoms with Gasteiger partial charge < -0.3 is 9.88 Å². The Hall–Kier alpha value is -1.66. The average molecular weight is 314 g/mol. The lowest BCUT2D eigenvalue weighted by Crippen LogP contribution is -2.32. The van der Waals surface area contributed by atoms with E-state index in [1.165, 1.54) is 25.1 Å². The molecule has 6 heteroatoms. The number of imidazole rings is 1. The molecule has 4 heterocycles. The predicted octanol–water partition coefficient (Wildman–Crippen LogP) is 1.72. The molecule has 1 N–H and O–H groups in total. The summed E-state index contributed by atoms with van der Waals surface area (Å²) in [6, 6.07) is 2.83. The first kappa shape index (κ1) is 14.9. The van der Waals surface area contributed by atoms with Crippen molar-refractivity contribution in [2.45, 2.75) is 51.9 Å². The Morgan fingerprint density at radius 2 is 2.26 bits per heavy atom. The number of nitrogens with zero attached hydrogens (tertiary/aromatic N) is 5. The summed E-state index contributed by atoms with van der Waals surface area (Å²) >= 11 is 0. The third-order valence-electron chi connectivity index (χ3n) is 5.15. The number of likely N-dealkylation sites (tertiary alicyclic amines) is 1. The quantitative estimate of drug-likeness (QED) is 0.934. The van der Waals surface area contributed by atoms with Crippen LogP contribution in [-0.4, -0.2) is 49.9 Å². The Balaban J connectivity index is 1.57. The van der Waals surface area contributed by atoms with Crippen LogP contribution in [0.5, 0.6) is 0 Å². The molecule has 2 aromatic heterocycles. The fourth-order valence-electron chi connectivity index (χ4n) is 3.91. The summed E-state index contributed by atoms with van der Waals surface area (Å²) in [6.07, 6.45) is 7.74. The summed E-state index contributed by atoms with van der Waals surface area (Å²) in [4.78, 5) is 7.17. The van der Waals surface area contributed by atoms with E-state index in [2.05, 4.69) is 43.6 Å². The lowest BCUT2D eigenvalue weighted by Gasteiger charge is -2.23. The first-order chi connectivity index (χ1) is 11.3. The second kappa shape index (κ2) is 6.45. The van der Waals surface area contributed by atoms with Gasteiger partial charge in [-0.25, -0.2) is 4.98 Å². The highest BCUT2D eigenvalue weighted by molar-refractivity contribution is 5.50. The number of hydrogen-bond acceptors (Lipinski definition) is 4. The molecule has 0 radical (unpaired) electrons. The van der Waals surface area contributed by atoms with Crippen LogP contribution < -0.4 is 5.32 Å². The van der Waals surface area contributed by atoms with E-state index >= 15 is 0 Å². The zero-order chi connectivity index (χ0) is 15.6. The van der Waals surface area contributed by atoms with Gasteiger partial charge in [-0.15, -0.1) is 0 Å². The lowest BCUT2D eigenvalue weighted by molar-refractivity contribution is 0.245. The molecule has 2 aliphatic heterocycles. The molecule has 2 aliphatic rings. The molecule has 0 unspecified atom stereocenters. The van der Waals surface area contributed by atoms with Crippen molar-refractivity contribution in [3.8, 4) is 11.5 Å². The van der Waals surface area contributed by atoms with E-state index in [1.54, 1.807) is 0 Å². The van der Waals surface area contributed by atoms with Crippen molar-refractivity contribution in [3.05, 3.63) is 24.2 Å². The van der Waals surface area contributed by atoms with Crippen LogP contribution >= 0.6 is 0 Å². The largest absolute Gasteiger partial charge is 0.328 e. The van der Waals surface area contributed by atoms with Crippen molar-refractivity contribution in [2.24, 2.45) is 0 Å². The third kappa shape index (κ3) is 2.93. The van der Waals surface area contributed by atoms with E-state index in [9.17, 15) is 0 Å². The van der Waals surface area contributed by atoms with Crippen LogP contribution in [0.1, 0.15) is 31.9 Å². The van der Waals surface area contributed by atoms with Gasteiger partial charge in [-0.2, -0.15) is 5.10 Å². The molecule has 1 saturated heterocycles. The van der Waals surface area contributed by atoms with E-state index in [0.717, 1.165) is 50.7 Å². The van der Waals surface area contributed by atoms with E-state index in [4.69, 9.17) is 5.10 Å². The second-order valence-corrected chi connectivity index (χ2v) is 6.60. The van der Waals surface area contributed by atoms with Gasteiger partial charge in [-0.05, 0) is 45.0 Å². The average Bonchev–Trinajstić information content (AvgIpc) is 3.26. The van der Waals surface area contributed by atoms with Gasteiger partial charge >= 0.3 is 0 Å². The zero-order valence-corrected chi connectivity index (χ0v) is 13.9. The monoisotopic (exact) mass is 314 g/mol. The summed E-state index contributed by atoms with van der Waals surface area (Å²) in [5.41, 5.74) is 2.28. The molecule has 23 heavy (non-hydrogen) atoms. The molecule has 0 aromatic carbocycles. The first-order valence-corrected chi connectivity index (χ1v) is 8.88. The molecule has 1 atom stereocenters. The second-order valence-electron chi connectivity index (χ2n) is 6.60. The number of nitrogens with one attached hydrogen (secondary N) is 1. The van der Waals surface area contributed by atoms with Crippen LogP contribution in [-0.2, 0) is 19.6 Å². The van der Waals surface area contributed by atoms with Gasteiger partial charge in [0, 0.05) is 38.1 Å². The summed E-state index contributed by atoms with van der Waals surface area (Å²) in [5.74, 6) is 1.01. The molecule has 0 spiro atoms. The lowest BCUT2D eigenvalue weighted by atomic mass is 10.2. The topological polar surface area (TPSA) is 50.9 Å².